The van der Waals surface area contributed by atoms with Gasteiger partial charge in [0.1, 0.15) is 0 Å². The van der Waals surface area contributed by atoms with Crippen molar-refractivity contribution >= 4 is 5.97 Å². The number of hydrogen-bond donors (Lipinski definition) is 2. The highest BCUT2D eigenvalue weighted by Crippen LogP contribution is 2.65. The molecule has 3 aliphatic rings. The molecule has 84 valence electrons. The minimum Gasteiger partial charge on any atom is -0.479 e. The van der Waals surface area contributed by atoms with Gasteiger partial charge < -0.3 is 10.2 Å². The fourth-order valence-corrected chi connectivity index (χ4v) is 4.19. The van der Waals surface area contributed by atoms with Crippen LogP contribution < -0.4 is 0 Å². The summed E-state index contributed by atoms with van der Waals surface area (Å²) in [6, 6.07) is 0. The third-order valence-corrected chi connectivity index (χ3v) is 5.08. The van der Waals surface area contributed by atoms with E-state index in [0.29, 0.717) is 11.8 Å². The van der Waals surface area contributed by atoms with E-state index in [1.54, 1.807) is 0 Å². The molecule has 3 fully saturated rings. The third-order valence-electron chi connectivity index (χ3n) is 5.08. The molecule has 4 unspecified atom stereocenters. The first-order chi connectivity index (χ1) is 7.13. The maximum absolute atomic E-state index is 10.9. The van der Waals surface area contributed by atoms with Crippen LogP contribution in [0.5, 0.6) is 0 Å². The standard InChI is InChI=1S/C12H18O3/c13-10(11(14)15)12(3-4-12)9-6-7-1-2-8(9)5-7/h7-10,13H,1-6H2,(H,14,15). The first-order valence-corrected chi connectivity index (χ1v) is 6.04. The number of aliphatic hydroxyl groups excluding tert-OH is 1. The molecule has 3 aliphatic carbocycles. The monoisotopic (exact) mass is 210 g/mol. The first kappa shape index (κ1) is 9.64. The van der Waals surface area contributed by atoms with Crippen molar-refractivity contribution in [2.45, 2.75) is 44.6 Å². The number of aliphatic carboxylic acids is 1. The zero-order valence-electron chi connectivity index (χ0n) is 8.85. The van der Waals surface area contributed by atoms with Crippen molar-refractivity contribution in [1.29, 1.82) is 0 Å². The second kappa shape index (κ2) is 2.97. The Morgan fingerprint density at radius 3 is 2.40 bits per heavy atom. The summed E-state index contributed by atoms with van der Waals surface area (Å²) in [5.74, 6) is 1.03. The minimum absolute atomic E-state index is 0.230. The van der Waals surface area contributed by atoms with Crippen molar-refractivity contribution in [2.24, 2.45) is 23.2 Å². The molecule has 15 heavy (non-hydrogen) atoms. The van der Waals surface area contributed by atoms with Crippen molar-refractivity contribution in [3.05, 3.63) is 0 Å². The third kappa shape index (κ3) is 1.25. The van der Waals surface area contributed by atoms with Crippen molar-refractivity contribution < 1.29 is 15.0 Å². The van der Waals surface area contributed by atoms with Crippen LogP contribution >= 0.6 is 0 Å². The van der Waals surface area contributed by atoms with Gasteiger partial charge in [-0.1, -0.05) is 6.42 Å². The van der Waals surface area contributed by atoms with Crippen LogP contribution in [-0.2, 0) is 4.79 Å². The van der Waals surface area contributed by atoms with Gasteiger partial charge in [-0.15, -0.1) is 0 Å². The van der Waals surface area contributed by atoms with E-state index in [9.17, 15) is 9.90 Å². The Morgan fingerprint density at radius 2 is 2.00 bits per heavy atom. The van der Waals surface area contributed by atoms with Crippen LogP contribution in [0.1, 0.15) is 38.5 Å². The normalized spacial score (nSPS) is 42.9. The number of rotatable bonds is 3. The summed E-state index contributed by atoms with van der Waals surface area (Å²) >= 11 is 0. The van der Waals surface area contributed by atoms with E-state index in [1.807, 2.05) is 0 Å². The smallest absolute Gasteiger partial charge is 0.333 e. The molecule has 3 heteroatoms. The van der Waals surface area contributed by atoms with Crippen LogP contribution in [0.2, 0.25) is 0 Å². The summed E-state index contributed by atoms with van der Waals surface area (Å²) in [7, 11) is 0. The van der Waals surface area contributed by atoms with Gasteiger partial charge in [0.25, 0.3) is 0 Å². The van der Waals surface area contributed by atoms with Crippen LogP contribution in [0.25, 0.3) is 0 Å². The topological polar surface area (TPSA) is 57.5 Å². The molecule has 0 aliphatic heterocycles. The van der Waals surface area contributed by atoms with E-state index >= 15 is 0 Å². The lowest BCUT2D eigenvalue weighted by Crippen LogP contribution is -2.38. The van der Waals surface area contributed by atoms with Crippen LogP contribution in [0.3, 0.4) is 0 Å². The summed E-state index contributed by atoms with van der Waals surface area (Å²) in [6.07, 6.45) is 5.81. The quantitative estimate of drug-likeness (QED) is 0.744. The average Bonchev–Trinajstić information content (AvgIpc) is 2.74. The number of carbonyl (C=O) groups is 1. The Labute approximate surface area is 89.5 Å². The lowest BCUT2D eigenvalue weighted by Gasteiger charge is -2.32. The number of hydrogen-bond acceptors (Lipinski definition) is 2. The van der Waals surface area contributed by atoms with Gasteiger partial charge in [0, 0.05) is 5.41 Å². The summed E-state index contributed by atoms with van der Waals surface area (Å²) < 4.78 is 0. The van der Waals surface area contributed by atoms with Gasteiger partial charge in [-0.25, -0.2) is 4.79 Å². The minimum atomic E-state index is -1.11. The van der Waals surface area contributed by atoms with Gasteiger partial charge in [-0.3, -0.25) is 0 Å². The maximum Gasteiger partial charge on any atom is 0.333 e. The second-order valence-electron chi connectivity index (χ2n) is 5.76. The molecule has 0 radical (unpaired) electrons. The average molecular weight is 210 g/mol. The Morgan fingerprint density at radius 1 is 1.27 bits per heavy atom. The highest BCUT2D eigenvalue weighted by molar-refractivity contribution is 5.73. The predicted octanol–water partition coefficient (Wildman–Crippen LogP) is 1.65. The molecule has 0 aromatic carbocycles. The van der Waals surface area contributed by atoms with E-state index in [0.717, 1.165) is 18.8 Å². The molecule has 3 rings (SSSR count). The zero-order chi connectivity index (χ0) is 10.6. The molecule has 2 bridgehead atoms. The molecule has 0 aromatic heterocycles. The van der Waals surface area contributed by atoms with Crippen LogP contribution in [0, 0.1) is 23.2 Å². The van der Waals surface area contributed by atoms with E-state index in [2.05, 4.69) is 0 Å². The highest BCUT2D eigenvalue weighted by Gasteiger charge is 2.61. The lowest BCUT2D eigenvalue weighted by atomic mass is 9.74. The Kier molecular flexibility index (Phi) is 1.91. The Balaban J connectivity index is 1.79. The Bertz CT molecular complexity index is 295. The van der Waals surface area contributed by atoms with E-state index in [1.165, 1.54) is 25.7 Å². The summed E-state index contributed by atoms with van der Waals surface area (Å²) in [6.45, 7) is 0. The summed E-state index contributed by atoms with van der Waals surface area (Å²) in [5.41, 5.74) is -0.230. The molecule has 0 spiro atoms. The zero-order valence-corrected chi connectivity index (χ0v) is 8.85. The number of carboxylic acids is 1. The fourth-order valence-electron chi connectivity index (χ4n) is 4.19. The van der Waals surface area contributed by atoms with Gasteiger partial charge >= 0.3 is 5.97 Å². The van der Waals surface area contributed by atoms with Crippen molar-refractivity contribution in [1.82, 2.24) is 0 Å². The van der Waals surface area contributed by atoms with Crippen molar-refractivity contribution in [3.8, 4) is 0 Å². The number of aliphatic hydroxyl groups is 1. The Hall–Kier alpha value is -0.570. The molecule has 0 saturated heterocycles. The summed E-state index contributed by atoms with van der Waals surface area (Å²) in [5, 5.41) is 18.7. The molecule has 3 nitrogen and oxygen atoms in total. The SMILES string of the molecule is O=C(O)C(O)C1(C2CC3CCC2C3)CC1. The van der Waals surface area contributed by atoms with Crippen molar-refractivity contribution in [2.75, 3.05) is 0 Å². The fraction of sp³-hybridized carbons (Fsp3) is 0.917. The maximum atomic E-state index is 10.9. The van der Waals surface area contributed by atoms with E-state index < -0.39 is 12.1 Å². The van der Waals surface area contributed by atoms with Gasteiger partial charge in [0.2, 0.25) is 0 Å². The molecular formula is C12H18O3. The molecule has 3 saturated carbocycles. The highest BCUT2D eigenvalue weighted by atomic mass is 16.4. The van der Waals surface area contributed by atoms with Gasteiger partial charge in [0.15, 0.2) is 6.10 Å². The molecule has 0 aromatic rings. The summed E-state index contributed by atoms with van der Waals surface area (Å²) in [4.78, 5) is 10.9. The van der Waals surface area contributed by atoms with Crippen molar-refractivity contribution in [3.63, 3.8) is 0 Å². The number of fused-ring (bicyclic) bond motifs is 2. The van der Waals surface area contributed by atoms with Gasteiger partial charge in [-0.2, -0.15) is 0 Å². The van der Waals surface area contributed by atoms with Crippen LogP contribution in [0.4, 0.5) is 0 Å². The predicted molar refractivity (Wildman–Crippen MR) is 54.2 cm³/mol. The van der Waals surface area contributed by atoms with Gasteiger partial charge in [0.05, 0.1) is 0 Å². The molecule has 2 N–H and O–H groups in total. The van der Waals surface area contributed by atoms with Crippen LogP contribution in [0.15, 0.2) is 0 Å². The second-order valence-corrected chi connectivity index (χ2v) is 5.76. The van der Waals surface area contributed by atoms with Crippen LogP contribution in [-0.4, -0.2) is 22.3 Å². The van der Waals surface area contributed by atoms with E-state index in [4.69, 9.17) is 5.11 Å². The molecular weight excluding hydrogens is 192 g/mol. The van der Waals surface area contributed by atoms with Gasteiger partial charge in [-0.05, 0) is 49.9 Å². The largest absolute Gasteiger partial charge is 0.479 e. The molecule has 0 amide bonds. The number of carboxylic acid groups (broad SMARTS) is 1. The molecule has 0 heterocycles. The lowest BCUT2D eigenvalue weighted by molar-refractivity contribution is -0.153. The molecule has 4 atom stereocenters. The first-order valence-electron chi connectivity index (χ1n) is 6.04. The van der Waals surface area contributed by atoms with E-state index in [-0.39, 0.29) is 5.41 Å².